The van der Waals surface area contributed by atoms with E-state index in [2.05, 4.69) is 4.98 Å². The summed E-state index contributed by atoms with van der Waals surface area (Å²) in [6.07, 6.45) is 3.52. The highest BCUT2D eigenvalue weighted by molar-refractivity contribution is 5.33. The second-order valence-electron chi connectivity index (χ2n) is 3.60. The zero-order chi connectivity index (χ0) is 12.3. The Labute approximate surface area is 97.9 Å². The minimum Gasteiger partial charge on any atom is -0.329 e. The van der Waals surface area contributed by atoms with Crippen LogP contribution in [0.4, 0.5) is 5.69 Å². The topological polar surface area (TPSA) is 87.0 Å². The summed E-state index contributed by atoms with van der Waals surface area (Å²) >= 11 is 0. The summed E-state index contributed by atoms with van der Waals surface area (Å²) in [6.45, 7) is 0.991. The fourth-order valence-corrected chi connectivity index (χ4v) is 1.59. The van der Waals surface area contributed by atoms with Crippen molar-refractivity contribution in [2.75, 3.05) is 0 Å². The standard InChI is InChI=1S/C11H12N4O2/c12-7-11-13-5-6-14(11)8-9-1-3-10(4-2-9)15(16)17/h1-6H,7-8,12H2. The maximum Gasteiger partial charge on any atom is 0.269 e. The van der Waals surface area contributed by atoms with Gasteiger partial charge in [-0.1, -0.05) is 12.1 Å². The lowest BCUT2D eigenvalue weighted by Gasteiger charge is -2.06. The van der Waals surface area contributed by atoms with Crippen LogP contribution < -0.4 is 5.73 Å². The monoisotopic (exact) mass is 232 g/mol. The van der Waals surface area contributed by atoms with Gasteiger partial charge in [0.05, 0.1) is 11.5 Å². The number of rotatable bonds is 4. The van der Waals surface area contributed by atoms with Crippen LogP contribution in [0.2, 0.25) is 0 Å². The number of nitrogens with two attached hydrogens (primary N) is 1. The third-order valence-corrected chi connectivity index (χ3v) is 2.48. The highest BCUT2D eigenvalue weighted by Gasteiger charge is 2.05. The first-order valence-corrected chi connectivity index (χ1v) is 5.14. The number of imidazole rings is 1. The van der Waals surface area contributed by atoms with Gasteiger partial charge in [0.1, 0.15) is 5.82 Å². The normalized spacial score (nSPS) is 10.4. The van der Waals surface area contributed by atoms with Gasteiger partial charge in [-0.2, -0.15) is 0 Å². The van der Waals surface area contributed by atoms with Crippen molar-refractivity contribution in [3.05, 3.63) is 58.2 Å². The van der Waals surface area contributed by atoms with E-state index in [-0.39, 0.29) is 5.69 Å². The van der Waals surface area contributed by atoms with Gasteiger partial charge in [-0.3, -0.25) is 10.1 Å². The molecule has 0 unspecified atom stereocenters. The molecule has 2 rings (SSSR count). The first kappa shape index (κ1) is 11.3. The molecule has 6 nitrogen and oxygen atoms in total. The van der Waals surface area contributed by atoms with Gasteiger partial charge in [-0.15, -0.1) is 0 Å². The van der Waals surface area contributed by atoms with Crippen molar-refractivity contribution in [2.24, 2.45) is 5.73 Å². The molecule has 0 saturated heterocycles. The Balaban J connectivity index is 2.16. The molecule has 88 valence electrons. The molecular formula is C11H12N4O2. The molecule has 1 aromatic heterocycles. The largest absolute Gasteiger partial charge is 0.329 e. The predicted octanol–water partition coefficient (Wildman–Crippen LogP) is 1.30. The second kappa shape index (κ2) is 4.75. The van der Waals surface area contributed by atoms with Gasteiger partial charge in [-0.25, -0.2) is 4.98 Å². The third kappa shape index (κ3) is 2.48. The molecule has 1 heterocycles. The summed E-state index contributed by atoms with van der Waals surface area (Å²) < 4.78 is 1.92. The highest BCUT2D eigenvalue weighted by Crippen LogP contribution is 2.13. The molecule has 2 N–H and O–H groups in total. The van der Waals surface area contributed by atoms with Crippen molar-refractivity contribution in [3.63, 3.8) is 0 Å². The number of benzene rings is 1. The molecule has 0 bridgehead atoms. The van der Waals surface area contributed by atoms with Crippen LogP contribution in [0.3, 0.4) is 0 Å². The molecule has 0 aliphatic heterocycles. The fraction of sp³-hybridized carbons (Fsp3) is 0.182. The van der Waals surface area contributed by atoms with Gasteiger partial charge < -0.3 is 10.3 Å². The average molecular weight is 232 g/mol. The predicted molar refractivity (Wildman–Crippen MR) is 62.3 cm³/mol. The lowest BCUT2D eigenvalue weighted by molar-refractivity contribution is -0.384. The second-order valence-corrected chi connectivity index (χ2v) is 3.60. The molecule has 0 radical (unpaired) electrons. The number of nitro benzene ring substituents is 1. The molecule has 0 spiro atoms. The maximum atomic E-state index is 10.5. The molecule has 0 amide bonds. The van der Waals surface area contributed by atoms with E-state index < -0.39 is 4.92 Å². The Morgan fingerprint density at radius 3 is 2.65 bits per heavy atom. The van der Waals surface area contributed by atoms with E-state index in [1.807, 2.05) is 10.8 Å². The Bertz CT molecular complexity index is 519. The molecule has 0 aliphatic rings. The van der Waals surface area contributed by atoms with Crippen molar-refractivity contribution in [3.8, 4) is 0 Å². The Morgan fingerprint density at radius 1 is 1.35 bits per heavy atom. The SMILES string of the molecule is NCc1nccn1Cc1ccc([N+](=O)[O-])cc1. The minimum absolute atomic E-state index is 0.0958. The van der Waals surface area contributed by atoms with Crippen molar-refractivity contribution < 1.29 is 4.92 Å². The highest BCUT2D eigenvalue weighted by atomic mass is 16.6. The zero-order valence-electron chi connectivity index (χ0n) is 9.11. The van der Waals surface area contributed by atoms with Crippen LogP contribution in [0, 0.1) is 10.1 Å². The third-order valence-electron chi connectivity index (χ3n) is 2.48. The van der Waals surface area contributed by atoms with Gasteiger partial charge in [0.25, 0.3) is 5.69 Å². The zero-order valence-corrected chi connectivity index (χ0v) is 9.11. The molecular weight excluding hydrogens is 220 g/mol. The van der Waals surface area contributed by atoms with Crippen molar-refractivity contribution in [1.29, 1.82) is 0 Å². The summed E-state index contributed by atoms with van der Waals surface area (Å²) in [4.78, 5) is 14.2. The van der Waals surface area contributed by atoms with Crippen molar-refractivity contribution in [1.82, 2.24) is 9.55 Å². The summed E-state index contributed by atoms with van der Waals surface area (Å²) in [5.41, 5.74) is 6.61. The molecule has 1 aromatic carbocycles. The van der Waals surface area contributed by atoms with Gasteiger partial charge in [0.2, 0.25) is 0 Å². The molecule has 17 heavy (non-hydrogen) atoms. The van der Waals surface area contributed by atoms with Crippen LogP contribution in [0.15, 0.2) is 36.7 Å². The minimum atomic E-state index is -0.410. The number of nitrogens with zero attached hydrogens (tertiary/aromatic N) is 3. The van der Waals surface area contributed by atoms with Crippen LogP contribution in [0.25, 0.3) is 0 Å². The number of nitro groups is 1. The molecule has 2 aromatic rings. The maximum absolute atomic E-state index is 10.5. The molecule has 6 heteroatoms. The van der Waals surface area contributed by atoms with E-state index >= 15 is 0 Å². The fourth-order valence-electron chi connectivity index (χ4n) is 1.59. The number of hydrogen-bond acceptors (Lipinski definition) is 4. The first-order chi connectivity index (χ1) is 8.20. The Kier molecular flexibility index (Phi) is 3.15. The number of aromatic nitrogens is 2. The van der Waals surface area contributed by atoms with E-state index in [9.17, 15) is 10.1 Å². The Hall–Kier alpha value is -2.21. The van der Waals surface area contributed by atoms with E-state index in [0.29, 0.717) is 13.1 Å². The number of non-ortho nitro benzene ring substituents is 1. The van der Waals surface area contributed by atoms with Crippen LogP contribution in [-0.2, 0) is 13.1 Å². The lowest BCUT2D eigenvalue weighted by Crippen LogP contribution is -2.08. The quantitative estimate of drug-likeness (QED) is 0.635. The molecule has 0 saturated carbocycles. The average Bonchev–Trinajstić information content (AvgIpc) is 2.77. The van der Waals surface area contributed by atoms with Crippen LogP contribution >= 0.6 is 0 Å². The van der Waals surface area contributed by atoms with Gasteiger partial charge in [0, 0.05) is 31.1 Å². The Morgan fingerprint density at radius 2 is 2.06 bits per heavy atom. The van der Waals surface area contributed by atoms with Crippen LogP contribution in [0.1, 0.15) is 11.4 Å². The van der Waals surface area contributed by atoms with Crippen LogP contribution in [-0.4, -0.2) is 14.5 Å². The first-order valence-electron chi connectivity index (χ1n) is 5.14. The van der Waals surface area contributed by atoms with Gasteiger partial charge in [0.15, 0.2) is 0 Å². The van der Waals surface area contributed by atoms with E-state index in [1.165, 1.54) is 12.1 Å². The van der Waals surface area contributed by atoms with E-state index in [1.54, 1.807) is 18.3 Å². The summed E-state index contributed by atoms with van der Waals surface area (Å²) in [6, 6.07) is 6.46. The summed E-state index contributed by atoms with van der Waals surface area (Å²) in [7, 11) is 0. The summed E-state index contributed by atoms with van der Waals surface area (Å²) in [5.74, 6) is 0.795. The van der Waals surface area contributed by atoms with Gasteiger partial charge in [-0.05, 0) is 5.56 Å². The molecule has 0 atom stereocenters. The number of hydrogen-bond donors (Lipinski definition) is 1. The van der Waals surface area contributed by atoms with Gasteiger partial charge >= 0.3 is 0 Å². The molecule has 0 fully saturated rings. The van der Waals surface area contributed by atoms with E-state index in [4.69, 9.17) is 5.73 Å². The summed E-state index contributed by atoms with van der Waals surface area (Å²) in [5, 5.41) is 10.5. The van der Waals surface area contributed by atoms with Crippen molar-refractivity contribution >= 4 is 5.69 Å². The van der Waals surface area contributed by atoms with E-state index in [0.717, 1.165) is 11.4 Å². The van der Waals surface area contributed by atoms with Crippen molar-refractivity contribution in [2.45, 2.75) is 13.1 Å². The smallest absolute Gasteiger partial charge is 0.269 e. The molecule has 0 aliphatic carbocycles. The lowest BCUT2D eigenvalue weighted by atomic mass is 10.2. The van der Waals surface area contributed by atoms with Crippen LogP contribution in [0.5, 0.6) is 0 Å².